The minimum atomic E-state index is 0.277. The summed E-state index contributed by atoms with van der Waals surface area (Å²) in [6, 6.07) is 14.3. The number of hydrogen-bond acceptors (Lipinski definition) is 4. The van der Waals surface area contributed by atoms with Crippen LogP contribution in [0.2, 0.25) is 0 Å². The lowest BCUT2D eigenvalue weighted by molar-refractivity contribution is 0.174. The van der Waals surface area contributed by atoms with Gasteiger partial charge in [0.15, 0.2) is 16.6 Å². The number of aryl methyl sites for hydroxylation is 1. The van der Waals surface area contributed by atoms with E-state index in [0.717, 1.165) is 35.2 Å². The molecule has 0 saturated heterocycles. The van der Waals surface area contributed by atoms with Crippen molar-refractivity contribution in [3.05, 3.63) is 53.6 Å². The van der Waals surface area contributed by atoms with Gasteiger partial charge in [-0.2, -0.15) is 11.8 Å². The van der Waals surface area contributed by atoms with Crippen molar-refractivity contribution < 1.29 is 9.47 Å². The van der Waals surface area contributed by atoms with Crippen LogP contribution in [0.25, 0.3) is 0 Å². The fourth-order valence-electron chi connectivity index (χ4n) is 2.38. The minimum Gasteiger partial charge on any atom is -0.454 e. The number of rotatable bonds is 6. The highest BCUT2D eigenvalue weighted by Gasteiger charge is 2.13. The van der Waals surface area contributed by atoms with E-state index >= 15 is 0 Å². The number of ether oxygens (including phenoxy) is 2. The van der Waals surface area contributed by atoms with E-state index in [2.05, 4.69) is 41.8 Å². The molecule has 24 heavy (non-hydrogen) atoms. The van der Waals surface area contributed by atoms with Gasteiger partial charge in [-0.1, -0.05) is 29.8 Å². The molecule has 1 aliphatic heterocycles. The first-order valence-corrected chi connectivity index (χ1v) is 9.35. The van der Waals surface area contributed by atoms with E-state index in [0.29, 0.717) is 5.11 Å². The number of hydrogen-bond donors (Lipinski definition) is 2. The zero-order valence-corrected chi connectivity index (χ0v) is 15.1. The van der Waals surface area contributed by atoms with Gasteiger partial charge < -0.3 is 20.1 Å². The molecule has 2 aromatic carbocycles. The molecule has 0 saturated carbocycles. The summed E-state index contributed by atoms with van der Waals surface area (Å²) >= 11 is 7.21. The van der Waals surface area contributed by atoms with E-state index in [1.54, 1.807) is 0 Å². The Labute approximate surface area is 151 Å². The molecule has 6 heteroatoms. The maximum atomic E-state index is 5.35. The quantitative estimate of drug-likeness (QED) is 0.601. The van der Waals surface area contributed by atoms with Crippen molar-refractivity contribution in [1.29, 1.82) is 0 Å². The molecule has 0 unspecified atom stereocenters. The number of thioether (sulfide) groups is 1. The second-order valence-corrected chi connectivity index (χ2v) is 7.00. The average Bonchev–Trinajstić information content (AvgIpc) is 3.02. The molecule has 0 spiro atoms. The van der Waals surface area contributed by atoms with Crippen molar-refractivity contribution in [2.75, 3.05) is 24.4 Å². The van der Waals surface area contributed by atoms with Crippen molar-refractivity contribution in [2.45, 2.75) is 12.7 Å². The van der Waals surface area contributed by atoms with Crippen LogP contribution in [0.4, 0.5) is 5.69 Å². The summed E-state index contributed by atoms with van der Waals surface area (Å²) < 4.78 is 10.6. The van der Waals surface area contributed by atoms with Gasteiger partial charge >= 0.3 is 0 Å². The van der Waals surface area contributed by atoms with Crippen LogP contribution in [0.3, 0.4) is 0 Å². The molecule has 0 aliphatic carbocycles. The molecule has 2 aromatic rings. The number of benzene rings is 2. The molecule has 2 N–H and O–H groups in total. The summed E-state index contributed by atoms with van der Waals surface area (Å²) in [5.41, 5.74) is 3.56. The van der Waals surface area contributed by atoms with Gasteiger partial charge in [0, 0.05) is 29.8 Å². The van der Waals surface area contributed by atoms with Gasteiger partial charge in [-0.15, -0.1) is 0 Å². The molecule has 0 bridgehead atoms. The van der Waals surface area contributed by atoms with Crippen molar-refractivity contribution in [1.82, 2.24) is 5.32 Å². The summed E-state index contributed by atoms with van der Waals surface area (Å²) in [6.45, 7) is 3.22. The Bertz CT molecular complexity index is 722. The molecule has 126 valence electrons. The van der Waals surface area contributed by atoms with Gasteiger partial charge in [0.2, 0.25) is 6.79 Å². The smallest absolute Gasteiger partial charge is 0.231 e. The zero-order chi connectivity index (χ0) is 16.8. The molecular weight excluding hydrogens is 340 g/mol. The van der Waals surface area contributed by atoms with Crippen molar-refractivity contribution in [3.63, 3.8) is 0 Å². The third kappa shape index (κ3) is 4.79. The summed E-state index contributed by atoms with van der Waals surface area (Å²) in [5, 5.41) is 7.00. The Hall–Kier alpha value is -1.92. The van der Waals surface area contributed by atoms with Crippen LogP contribution in [-0.4, -0.2) is 24.2 Å². The van der Waals surface area contributed by atoms with Gasteiger partial charge in [-0.3, -0.25) is 0 Å². The highest BCUT2D eigenvalue weighted by Crippen LogP contribution is 2.34. The monoisotopic (exact) mass is 360 g/mol. The molecule has 4 nitrogen and oxygen atoms in total. The second kappa shape index (κ2) is 8.26. The fourth-order valence-corrected chi connectivity index (χ4v) is 3.40. The fraction of sp³-hybridized carbons (Fsp3) is 0.278. The molecule has 0 atom stereocenters. The van der Waals surface area contributed by atoms with Crippen LogP contribution >= 0.6 is 24.0 Å². The first-order chi connectivity index (χ1) is 11.7. The average molecular weight is 361 g/mol. The highest BCUT2D eigenvalue weighted by molar-refractivity contribution is 7.98. The third-order valence-corrected chi connectivity index (χ3v) is 4.79. The molecule has 1 heterocycles. The minimum absolute atomic E-state index is 0.277. The lowest BCUT2D eigenvalue weighted by atomic mass is 10.2. The first-order valence-electron chi connectivity index (χ1n) is 7.78. The maximum Gasteiger partial charge on any atom is 0.231 e. The predicted octanol–water partition coefficient (Wildman–Crippen LogP) is 3.94. The molecular formula is C18H20N2O2S2. The van der Waals surface area contributed by atoms with E-state index < -0.39 is 0 Å². The van der Waals surface area contributed by atoms with E-state index in [9.17, 15) is 0 Å². The van der Waals surface area contributed by atoms with Crippen molar-refractivity contribution >= 4 is 34.8 Å². The largest absolute Gasteiger partial charge is 0.454 e. The molecule has 0 aromatic heterocycles. The third-order valence-electron chi connectivity index (χ3n) is 3.51. The summed E-state index contributed by atoms with van der Waals surface area (Å²) in [7, 11) is 0. The zero-order valence-electron chi connectivity index (χ0n) is 13.5. The van der Waals surface area contributed by atoms with Crippen LogP contribution in [0.5, 0.6) is 11.5 Å². The van der Waals surface area contributed by atoms with Gasteiger partial charge in [0.1, 0.15) is 0 Å². The Morgan fingerprint density at radius 2 is 2.04 bits per heavy atom. The topological polar surface area (TPSA) is 42.5 Å². The summed E-state index contributed by atoms with van der Waals surface area (Å²) in [6.07, 6.45) is 0. The number of fused-ring (bicyclic) bond motifs is 1. The van der Waals surface area contributed by atoms with E-state index in [1.165, 1.54) is 11.1 Å². The van der Waals surface area contributed by atoms with E-state index in [4.69, 9.17) is 21.7 Å². The summed E-state index contributed by atoms with van der Waals surface area (Å²) in [4.78, 5) is 0. The standard InChI is InChI=1S/C18H20N2O2S2/c1-13-3-2-4-14(9-13)11-24-8-7-19-18(23)20-15-5-6-16-17(10-15)22-12-21-16/h2-6,9-10H,7-8,11-12H2,1H3,(H2,19,20,23). The molecule has 0 radical (unpaired) electrons. The van der Waals surface area contributed by atoms with Gasteiger partial charge in [-0.25, -0.2) is 0 Å². The number of thiocarbonyl (C=S) groups is 1. The lowest BCUT2D eigenvalue weighted by Gasteiger charge is -2.11. The number of nitrogens with one attached hydrogen (secondary N) is 2. The normalized spacial score (nSPS) is 12.0. The van der Waals surface area contributed by atoms with Gasteiger partial charge in [0.05, 0.1) is 0 Å². The van der Waals surface area contributed by atoms with E-state index in [-0.39, 0.29) is 6.79 Å². The number of anilines is 1. The van der Waals surface area contributed by atoms with Crippen LogP contribution < -0.4 is 20.1 Å². The second-order valence-electron chi connectivity index (χ2n) is 5.49. The van der Waals surface area contributed by atoms with Crippen molar-refractivity contribution in [3.8, 4) is 11.5 Å². The van der Waals surface area contributed by atoms with Gasteiger partial charge in [0.25, 0.3) is 0 Å². The molecule has 0 fully saturated rings. The molecule has 1 aliphatic rings. The summed E-state index contributed by atoms with van der Waals surface area (Å²) in [5.74, 6) is 3.53. The molecule has 0 amide bonds. The van der Waals surface area contributed by atoms with Crippen molar-refractivity contribution in [2.24, 2.45) is 0 Å². The lowest BCUT2D eigenvalue weighted by Crippen LogP contribution is -2.30. The first kappa shape index (κ1) is 16.9. The Kier molecular flexibility index (Phi) is 5.82. The van der Waals surface area contributed by atoms with Crippen LogP contribution in [-0.2, 0) is 5.75 Å². The Morgan fingerprint density at radius 3 is 2.92 bits per heavy atom. The van der Waals surface area contributed by atoms with Crippen LogP contribution in [0.1, 0.15) is 11.1 Å². The SMILES string of the molecule is Cc1cccc(CSCCNC(=S)Nc2ccc3c(c2)OCO3)c1. The van der Waals surface area contributed by atoms with Crippen LogP contribution in [0, 0.1) is 6.92 Å². The van der Waals surface area contributed by atoms with Gasteiger partial charge in [-0.05, 0) is 36.8 Å². The highest BCUT2D eigenvalue weighted by atomic mass is 32.2. The van der Waals surface area contributed by atoms with E-state index in [1.807, 2.05) is 30.0 Å². The Morgan fingerprint density at radius 1 is 1.17 bits per heavy atom. The van der Waals surface area contributed by atoms with Crippen LogP contribution in [0.15, 0.2) is 42.5 Å². The maximum absolute atomic E-state index is 5.35. The Balaban J connectivity index is 1.35. The molecule has 3 rings (SSSR count). The predicted molar refractivity (Wildman–Crippen MR) is 104 cm³/mol.